The van der Waals surface area contributed by atoms with E-state index >= 15 is 0 Å². The summed E-state index contributed by atoms with van der Waals surface area (Å²) < 4.78 is 10.8. The average molecular weight is 275 g/mol. The molecule has 4 nitrogen and oxygen atoms in total. The zero-order valence-corrected chi connectivity index (χ0v) is 12.6. The van der Waals surface area contributed by atoms with Crippen LogP contribution in [0.4, 0.5) is 0 Å². The van der Waals surface area contributed by atoms with Gasteiger partial charge in [0, 0.05) is 12.5 Å². The maximum Gasteiger partial charge on any atom is 0.308 e. The molecular formula is C16H21NO3. The first-order chi connectivity index (χ1) is 9.17. The molecule has 1 aromatic rings. The molecule has 0 aliphatic carbocycles. The zero-order valence-electron chi connectivity index (χ0n) is 12.6. The quantitative estimate of drug-likeness (QED) is 0.523. The fraction of sp³-hybridized carbons (Fsp3) is 0.438. The molecule has 0 spiro atoms. The number of carbonyl (C=O) groups excluding carboxylic acids is 1. The Morgan fingerprint density at radius 1 is 1.30 bits per heavy atom. The van der Waals surface area contributed by atoms with Crippen LogP contribution in [0.1, 0.15) is 40.2 Å². The minimum atomic E-state index is -0.562. The second-order valence-corrected chi connectivity index (χ2v) is 5.39. The molecule has 0 radical (unpaired) electrons. The molecule has 0 heterocycles. The average Bonchev–Trinajstić information content (AvgIpc) is 2.27. The Bertz CT molecular complexity index is 545. The van der Waals surface area contributed by atoms with E-state index in [4.69, 9.17) is 15.2 Å². The van der Waals surface area contributed by atoms with Gasteiger partial charge in [0.1, 0.15) is 0 Å². The van der Waals surface area contributed by atoms with E-state index in [-0.39, 0.29) is 12.1 Å². The Kier molecular flexibility index (Phi) is 5.18. The van der Waals surface area contributed by atoms with Crippen molar-refractivity contribution < 1.29 is 14.3 Å². The topological polar surface area (TPSA) is 61.5 Å². The van der Waals surface area contributed by atoms with Crippen molar-refractivity contribution in [2.75, 3.05) is 0 Å². The van der Waals surface area contributed by atoms with Gasteiger partial charge in [-0.05, 0) is 45.9 Å². The number of rotatable bonds is 3. The summed E-state index contributed by atoms with van der Waals surface area (Å²) in [6.45, 7) is 8.82. The van der Waals surface area contributed by atoms with Gasteiger partial charge < -0.3 is 15.2 Å². The summed E-state index contributed by atoms with van der Waals surface area (Å²) in [5.74, 6) is 6.43. The molecule has 20 heavy (non-hydrogen) atoms. The number of benzene rings is 1. The van der Waals surface area contributed by atoms with E-state index in [0.717, 1.165) is 5.56 Å². The van der Waals surface area contributed by atoms with Crippen molar-refractivity contribution in [2.45, 2.75) is 46.3 Å². The van der Waals surface area contributed by atoms with Gasteiger partial charge >= 0.3 is 5.97 Å². The van der Waals surface area contributed by atoms with Crippen molar-refractivity contribution in [1.82, 2.24) is 0 Å². The van der Waals surface area contributed by atoms with E-state index in [2.05, 4.69) is 11.8 Å². The molecule has 4 heteroatoms. The third-order valence-electron chi connectivity index (χ3n) is 2.09. The number of hydrogen-bond donors (Lipinski definition) is 1. The van der Waals surface area contributed by atoms with Crippen LogP contribution in [0.3, 0.4) is 0 Å². The Morgan fingerprint density at radius 3 is 2.45 bits per heavy atom. The predicted molar refractivity (Wildman–Crippen MR) is 78.7 cm³/mol. The van der Waals surface area contributed by atoms with Gasteiger partial charge in [-0.2, -0.15) is 0 Å². The molecule has 0 aliphatic heterocycles. The maximum atomic E-state index is 11.1. The van der Waals surface area contributed by atoms with Gasteiger partial charge in [0.25, 0.3) is 0 Å². The van der Waals surface area contributed by atoms with Crippen molar-refractivity contribution in [3.63, 3.8) is 0 Å². The maximum absolute atomic E-state index is 11.1. The Balaban J connectivity index is 3.12. The molecule has 0 aromatic heterocycles. The van der Waals surface area contributed by atoms with Crippen LogP contribution in [-0.2, 0) is 4.79 Å². The highest BCUT2D eigenvalue weighted by Crippen LogP contribution is 2.29. The summed E-state index contributed by atoms with van der Waals surface area (Å²) in [6, 6.07) is 5.19. The van der Waals surface area contributed by atoms with Crippen LogP contribution in [0.2, 0.25) is 0 Å². The van der Waals surface area contributed by atoms with E-state index in [0.29, 0.717) is 11.5 Å². The van der Waals surface area contributed by atoms with E-state index in [9.17, 15) is 4.79 Å². The van der Waals surface area contributed by atoms with Crippen molar-refractivity contribution in [1.29, 1.82) is 0 Å². The molecule has 0 atom stereocenters. The lowest BCUT2D eigenvalue weighted by Crippen LogP contribution is -2.29. The minimum Gasteiger partial charge on any atom is -0.487 e. The molecule has 0 amide bonds. The highest BCUT2D eigenvalue weighted by atomic mass is 16.6. The zero-order chi connectivity index (χ0) is 15.3. The largest absolute Gasteiger partial charge is 0.487 e. The van der Waals surface area contributed by atoms with Gasteiger partial charge in [-0.15, -0.1) is 0 Å². The first kappa shape index (κ1) is 16.1. The second-order valence-electron chi connectivity index (χ2n) is 5.39. The molecule has 0 saturated carbocycles. The SMILES string of the molecule is CC(=O)Oc1ccc(C#CC(C)(C)N)cc1OC(C)C. The number of esters is 1. The second kappa shape index (κ2) is 6.44. The molecule has 0 saturated heterocycles. The molecule has 0 unspecified atom stereocenters. The smallest absolute Gasteiger partial charge is 0.308 e. The lowest BCUT2D eigenvalue weighted by molar-refractivity contribution is -0.132. The highest BCUT2D eigenvalue weighted by molar-refractivity contribution is 5.70. The number of carbonyl (C=O) groups is 1. The van der Waals surface area contributed by atoms with Crippen molar-refractivity contribution in [3.8, 4) is 23.3 Å². The third kappa shape index (κ3) is 5.77. The van der Waals surface area contributed by atoms with Gasteiger partial charge in [0.05, 0.1) is 11.6 Å². The summed E-state index contributed by atoms with van der Waals surface area (Å²) in [7, 11) is 0. The third-order valence-corrected chi connectivity index (χ3v) is 2.09. The molecule has 1 rings (SSSR count). The normalized spacial score (nSPS) is 10.8. The van der Waals surface area contributed by atoms with Crippen molar-refractivity contribution >= 4 is 5.97 Å². The van der Waals surface area contributed by atoms with Gasteiger partial charge in [-0.25, -0.2) is 0 Å². The monoisotopic (exact) mass is 275 g/mol. The summed E-state index contributed by atoms with van der Waals surface area (Å²) in [5.41, 5.74) is 6.02. The molecular weight excluding hydrogens is 254 g/mol. The standard InChI is InChI=1S/C16H21NO3/c1-11(2)19-15-10-13(8-9-16(4,5)17)6-7-14(15)20-12(3)18/h6-7,10-11H,17H2,1-5H3. The first-order valence-electron chi connectivity index (χ1n) is 6.48. The molecule has 2 N–H and O–H groups in total. The molecule has 0 fully saturated rings. The number of nitrogens with two attached hydrogens (primary N) is 1. The van der Waals surface area contributed by atoms with Crippen LogP contribution in [0.5, 0.6) is 11.5 Å². The van der Waals surface area contributed by atoms with Crippen LogP contribution < -0.4 is 15.2 Å². The van der Waals surface area contributed by atoms with Gasteiger partial charge in [-0.3, -0.25) is 4.79 Å². The summed E-state index contributed by atoms with van der Waals surface area (Å²) >= 11 is 0. The van der Waals surface area contributed by atoms with E-state index in [1.165, 1.54) is 6.92 Å². The van der Waals surface area contributed by atoms with Crippen LogP contribution >= 0.6 is 0 Å². The van der Waals surface area contributed by atoms with Crippen molar-refractivity contribution in [2.24, 2.45) is 5.73 Å². The fourth-order valence-electron chi connectivity index (χ4n) is 1.40. The van der Waals surface area contributed by atoms with E-state index < -0.39 is 5.54 Å². The van der Waals surface area contributed by atoms with Crippen LogP contribution in [-0.4, -0.2) is 17.6 Å². The van der Waals surface area contributed by atoms with Crippen LogP contribution in [0.15, 0.2) is 18.2 Å². The lowest BCUT2D eigenvalue weighted by atomic mass is 10.1. The molecule has 1 aromatic carbocycles. The van der Waals surface area contributed by atoms with E-state index in [1.54, 1.807) is 18.2 Å². The fourth-order valence-corrected chi connectivity index (χ4v) is 1.40. The Labute approximate surface area is 120 Å². The highest BCUT2D eigenvalue weighted by Gasteiger charge is 2.10. The predicted octanol–water partition coefficient (Wildman–Crippen LogP) is 2.49. The molecule has 0 bridgehead atoms. The number of hydrogen-bond acceptors (Lipinski definition) is 4. The molecule has 0 aliphatic rings. The van der Waals surface area contributed by atoms with Crippen LogP contribution in [0, 0.1) is 11.8 Å². The minimum absolute atomic E-state index is 0.0292. The summed E-state index contributed by atoms with van der Waals surface area (Å²) in [4.78, 5) is 11.1. The van der Waals surface area contributed by atoms with Gasteiger partial charge in [0.15, 0.2) is 11.5 Å². The van der Waals surface area contributed by atoms with Gasteiger partial charge in [-0.1, -0.05) is 11.8 Å². The first-order valence-corrected chi connectivity index (χ1v) is 6.48. The Hall–Kier alpha value is -1.99. The Morgan fingerprint density at radius 2 is 1.95 bits per heavy atom. The van der Waals surface area contributed by atoms with Gasteiger partial charge in [0.2, 0.25) is 0 Å². The lowest BCUT2D eigenvalue weighted by Gasteiger charge is -2.14. The number of ether oxygens (including phenoxy) is 2. The summed E-state index contributed by atoms with van der Waals surface area (Å²) in [5, 5.41) is 0. The van der Waals surface area contributed by atoms with E-state index in [1.807, 2.05) is 27.7 Å². The summed E-state index contributed by atoms with van der Waals surface area (Å²) in [6.07, 6.45) is -0.0292. The van der Waals surface area contributed by atoms with Crippen molar-refractivity contribution in [3.05, 3.63) is 23.8 Å². The van der Waals surface area contributed by atoms with Crippen LogP contribution in [0.25, 0.3) is 0 Å². The molecule has 108 valence electrons.